The standard InChI is InChI=1S/C18H31N/c1-8-13-19-16(18(5,6)7)14-11-9-10-12-15(14)17(2,3)4/h9-12,16,19H,8,13H2,1-7H3. The summed E-state index contributed by atoms with van der Waals surface area (Å²) < 4.78 is 0. The largest absolute Gasteiger partial charge is 0.309 e. The van der Waals surface area contributed by atoms with Gasteiger partial charge in [0.2, 0.25) is 0 Å². The Kier molecular flexibility index (Phi) is 5.20. The van der Waals surface area contributed by atoms with Gasteiger partial charge >= 0.3 is 0 Å². The molecule has 1 heteroatoms. The van der Waals surface area contributed by atoms with Crippen LogP contribution in [0.3, 0.4) is 0 Å². The van der Waals surface area contributed by atoms with Crippen LogP contribution in [0.5, 0.6) is 0 Å². The van der Waals surface area contributed by atoms with Gasteiger partial charge in [0, 0.05) is 6.04 Å². The van der Waals surface area contributed by atoms with Crippen LogP contribution in [0.25, 0.3) is 0 Å². The minimum atomic E-state index is 0.188. The molecule has 108 valence electrons. The lowest BCUT2D eigenvalue weighted by Crippen LogP contribution is -2.34. The van der Waals surface area contributed by atoms with Crippen molar-refractivity contribution in [1.82, 2.24) is 5.32 Å². The summed E-state index contributed by atoms with van der Waals surface area (Å²) in [5.41, 5.74) is 3.32. The number of hydrogen-bond donors (Lipinski definition) is 1. The molecule has 0 spiro atoms. The molecule has 1 N–H and O–H groups in total. The molecule has 0 aliphatic carbocycles. The zero-order chi connectivity index (χ0) is 14.7. The molecule has 0 fully saturated rings. The maximum atomic E-state index is 3.74. The van der Waals surface area contributed by atoms with Crippen molar-refractivity contribution in [2.75, 3.05) is 6.54 Å². The molecule has 19 heavy (non-hydrogen) atoms. The van der Waals surface area contributed by atoms with Crippen LogP contribution in [0.15, 0.2) is 24.3 Å². The fraction of sp³-hybridized carbons (Fsp3) is 0.667. The van der Waals surface area contributed by atoms with Crippen LogP contribution in [0.4, 0.5) is 0 Å². The molecule has 1 rings (SSSR count). The Morgan fingerprint density at radius 3 is 2.05 bits per heavy atom. The third-order valence-electron chi connectivity index (χ3n) is 3.54. The average Bonchev–Trinajstić information content (AvgIpc) is 2.27. The van der Waals surface area contributed by atoms with Gasteiger partial charge in [-0.3, -0.25) is 0 Å². The normalized spacial score (nSPS) is 14.5. The second kappa shape index (κ2) is 6.09. The van der Waals surface area contributed by atoms with E-state index >= 15 is 0 Å². The molecule has 1 nitrogen and oxygen atoms in total. The molecular formula is C18H31N. The Balaban J connectivity index is 3.23. The van der Waals surface area contributed by atoms with Crippen molar-refractivity contribution in [3.63, 3.8) is 0 Å². The molecule has 0 aromatic heterocycles. The van der Waals surface area contributed by atoms with Gasteiger partial charge in [0.25, 0.3) is 0 Å². The zero-order valence-electron chi connectivity index (χ0n) is 13.8. The lowest BCUT2D eigenvalue weighted by molar-refractivity contribution is 0.270. The molecule has 0 aliphatic rings. The van der Waals surface area contributed by atoms with E-state index in [4.69, 9.17) is 0 Å². The fourth-order valence-corrected chi connectivity index (χ4v) is 2.60. The molecule has 0 saturated heterocycles. The molecule has 1 aromatic carbocycles. The van der Waals surface area contributed by atoms with E-state index in [2.05, 4.69) is 78.0 Å². The van der Waals surface area contributed by atoms with E-state index in [9.17, 15) is 0 Å². The average molecular weight is 261 g/mol. The highest BCUT2D eigenvalue weighted by molar-refractivity contribution is 5.36. The van der Waals surface area contributed by atoms with Crippen molar-refractivity contribution < 1.29 is 0 Å². The first-order valence-electron chi connectivity index (χ1n) is 7.50. The van der Waals surface area contributed by atoms with Crippen LogP contribution in [0.1, 0.15) is 72.1 Å². The van der Waals surface area contributed by atoms with E-state index in [1.807, 2.05) is 0 Å². The first-order valence-corrected chi connectivity index (χ1v) is 7.50. The van der Waals surface area contributed by atoms with Crippen molar-refractivity contribution in [3.8, 4) is 0 Å². The lowest BCUT2D eigenvalue weighted by Gasteiger charge is -2.36. The minimum absolute atomic E-state index is 0.188. The van der Waals surface area contributed by atoms with Crippen LogP contribution in [0, 0.1) is 5.41 Å². The molecule has 0 heterocycles. The van der Waals surface area contributed by atoms with Crippen molar-refractivity contribution in [2.24, 2.45) is 5.41 Å². The summed E-state index contributed by atoms with van der Waals surface area (Å²) in [6.45, 7) is 17.1. The van der Waals surface area contributed by atoms with E-state index in [1.165, 1.54) is 17.5 Å². The van der Waals surface area contributed by atoms with Gasteiger partial charge in [-0.15, -0.1) is 0 Å². The Bertz CT molecular complexity index is 393. The Morgan fingerprint density at radius 1 is 1.00 bits per heavy atom. The topological polar surface area (TPSA) is 12.0 Å². The van der Waals surface area contributed by atoms with Gasteiger partial charge in [-0.05, 0) is 34.9 Å². The van der Waals surface area contributed by atoms with Crippen molar-refractivity contribution in [2.45, 2.75) is 66.3 Å². The van der Waals surface area contributed by atoms with E-state index in [0.29, 0.717) is 6.04 Å². The first kappa shape index (κ1) is 16.2. The van der Waals surface area contributed by atoms with Gasteiger partial charge in [-0.2, -0.15) is 0 Å². The second-order valence-corrected chi connectivity index (χ2v) is 7.59. The third kappa shape index (κ3) is 4.35. The quantitative estimate of drug-likeness (QED) is 0.798. The summed E-state index contributed by atoms with van der Waals surface area (Å²) in [5.74, 6) is 0. The molecule has 0 saturated carbocycles. The van der Waals surface area contributed by atoms with Crippen molar-refractivity contribution >= 4 is 0 Å². The van der Waals surface area contributed by atoms with Crippen LogP contribution in [-0.2, 0) is 5.41 Å². The summed E-state index contributed by atoms with van der Waals surface area (Å²) >= 11 is 0. The maximum absolute atomic E-state index is 3.74. The smallest absolute Gasteiger partial charge is 0.0372 e. The molecule has 1 aromatic rings. The number of benzene rings is 1. The Labute approximate surface area is 119 Å². The van der Waals surface area contributed by atoms with Crippen molar-refractivity contribution in [3.05, 3.63) is 35.4 Å². The zero-order valence-corrected chi connectivity index (χ0v) is 13.8. The van der Waals surface area contributed by atoms with E-state index in [-0.39, 0.29) is 10.8 Å². The predicted molar refractivity (Wildman–Crippen MR) is 85.6 cm³/mol. The van der Waals surface area contributed by atoms with Gasteiger partial charge in [0.1, 0.15) is 0 Å². The highest BCUT2D eigenvalue weighted by Gasteiger charge is 2.29. The highest BCUT2D eigenvalue weighted by atomic mass is 14.9. The molecule has 0 aliphatic heterocycles. The molecule has 0 radical (unpaired) electrons. The summed E-state index contributed by atoms with van der Waals surface area (Å²) in [6, 6.07) is 9.30. The van der Waals surface area contributed by atoms with Crippen LogP contribution < -0.4 is 5.32 Å². The molecular weight excluding hydrogens is 230 g/mol. The summed E-state index contributed by atoms with van der Waals surface area (Å²) in [7, 11) is 0. The van der Waals surface area contributed by atoms with Crippen LogP contribution in [-0.4, -0.2) is 6.54 Å². The molecule has 1 unspecified atom stereocenters. The SMILES string of the molecule is CCCNC(c1ccccc1C(C)(C)C)C(C)(C)C. The fourth-order valence-electron chi connectivity index (χ4n) is 2.60. The van der Waals surface area contributed by atoms with Gasteiger partial charge < -0.3 is 5.32 Å². The summed E-state index contributed by atoms with van der Waals surface area (Å²) in [5, 5.41) is 3.74. The van der Waals surface area contributed by atoms with Gasteiger partial charge in [0.15, 0.2) is 0 Å². The van der Waals surface area contributed by atoms with Crippen molar-refractivity contribution in [1.29, 1.82) is 0 Å². The monoisotopic (exact) mass is 261 g/mol. The van der Waals surface area contributed by atoms with Gasteiger partial charge in [-0.25, -0.2) is 0 Å². The maximum Gasteiger partial charge on any atom is 0.0372 e. The van der Waals surface area contributed by atoms with E-state index in [1.54, 1.807) is 0 Å². The first-order chi connectivity index (χ1) is 8.68. The Hall–Kier alpha value is -0.820. The highest BCUT2D eigenvalue weighted by Crippen LogP contribution is 2.38. The third-order valence-corrected chi connectivity index (χ3v) is 3.54. The van der Waals surface area contributed by atoms with E-state index < -0.39 is 0 Å². The molecule has 1 atom stereocenters. The predicted octanol–water partition coefficient (Wildman–Crippen LogP) is 5.07. The number of hydrogen-bond acceptors (Lipinski definition) is 1. The van der Waals surface area contributed by atoms with Crippen LogP contribution in [0.2, 0.25) is 0 Å². The summed E-state index contributed by atoms with van der Waals surface area (Å²) in [4.78, 5) is 0. The molecule has 0 bridgehead atoms. The second-order valence-electron chi connectivity index (χ2n) is 7.59. The number of nitrogens with one attached hydrogen (secondary N) is 1. The molecule has 0 amide bonds. The van der Waals surface area contributed by atoms with Gasteiger partial charge in [-0.1, -0.05) is 72.7 Å². The van der Waals surface area contributed by atoms with E-state index in [0.717, 1.165) is 6.54 Å². The van der Waals surface area contributed by atoms with Gasteiger partial charge in [0.05, 0.1) is 0 Å². The number of rotatable bonds is 4. The van der Waals surface area contributed by atoms with Crippen LogP contribution >= 0.6 is 0 Å². The summed E-state index contributed by atoms with van der Waals surface area (Å²) in [6.07, 6.45) is 1.17. The minimum Gasteiger partial charge on any atom is -0.309 e. The lowest BCUT2D eigenvalue weighted by atomic mass is 9.75. The Morgan fingerprint density at radius 2 is 1.58 bits per heavy atom.